The van der Waals surface area contributed by atoms with E-state index in [0.29, 0.717) is 25.9 Å². The van der Waals surface area contributed by atoms with Crippen LogP contribution in [0, 0.1) is 6.92 Å². The van der Waals surface area contributed by atoms with Crippen molar-refractivity contribution in [3.8, 4) is 5.75 Å². The molecule has 7 heteroatoms. The van der Waals surface area contributed by atoms with Crippen molar-refractivity contribution in [2.24, 2.45) is 0 Å². The summed E-state index contributed by atoms with van der Waals surface area (Å²) in [6.45, 7) is 2.60. The van der Waals surface area contributed by atoms with Gasteiger partial charge in [0.05, 0.1) is 10.5 Å². The zero-order valence-corrected chi connectivity index (χ0v) is 15.3. The number of sulfonamides is 1. The number of aryl methyl sites for hydroxylation is 1. The van der Waals surface area contributed by atoms with Crippen molar-refractivity contribution in [2.45, 2.75) is 30.8 Å². The Morgan fingerprint density at radius 3 is 2.31 bits per heavy atom. The highest BCUT2D eigenvalue weighted by atomic mass is 32.2. The van der Waals surface area contributed by atoms with Crippen molar-refractivity contribution in [3.05, 3.63) is 59.7 Å². The number of carboxylic acids is 1. The van der Waals surface area contributed by atoms with E-state index >= 15 is 0 Å². The molecule has 0 unspecified atom stereocenters. The van der Waals surface area contributed by atoms with Crippen LogP contribution in [0.15, 0.2) is 53.4 Å². The second-order valence-electron chi connectivity index (χ2n) is 6.34. The largest absolute Gasteiger partial charge is 0.490 e. The summed E-state index contributed by atoms with van der Waals surface area (Å²) < 4.78 is 32.9. The maximum Gasteiger partial charge on any atom is 0.337 e. The van der Waals surface area contributed by atoms with Gasteiger partial charge in [-0.05, 0) is 44.0 Å². The van der Waals surface area contributed by atoms with Gasteiger partial charge in [-0.1, -0.05) is 29.8 Å². The highest BCUT2D eigenvalue weighted by Gasteiger charge is 2.32. The molecule has 2 aromatic carbocycles. The zero-order valence-electron chi connectivity index (χ0n) is 14.5. The van der Waals surface area contributed by atoms with Crippen molar-refractivity contribution < 1.29 is 23.1 Å². The monoisotopic (exact) mass is 375 g/mol. The number of hydrogen-bond donors (Lipinski definition) is 1. The molecule has 138 valence electrons. The summed E-state index contributed by atoms with van der Waals surface area (Å²) in [5, 5.41) is 9.25. The fourth-order valence-electron chi connectivity index (χ4n) is 3.01. The van der Waals surface area contributed by atoms with Gasteiger partial charge in [0.15, 0.2) is 0 Å². The Bertz CT molecular complexity index is 884. The van der Waals surface area contributed by atoms with Crippen LogP contribution in [0.25, 0.3) is 0 Å². The molecule has 1 N–H and O–H groups in total. The first-order chi connectivity index (χ1) is 12.4. The first-order valence-corrected chi connectivity index (χ1v) is 9.88. The first kappa shape index (κ1) is 18.4. The Labute approximate surface area is 153 Å². The van der Waals surface area contributed by atoms with Crippen molar-refractivity contribution >= 4 is 16.0 Å². The number of piperidine rings is 1. The van der Waals surface area contributed by atoms with E-state index in [-0.39, 0.29) is 16.6 Å². The quantitative estimate of drug-likeness (QED) is 0.869. The van der Waals surface area contributed by atoms with Crippen LogP contribution in [-0.2, 0) is 10.0 Å². The Kier molecular flexibility index (Phi) is 5.29. The molecule has 3 rings (SSSR count). The lowest BCUT2D eigenvalue weighted by Gasteiger charge is -2.31. The van der Waals surface area contributed by atoms with Gasteiger partial charge in [-0.25, -0.2) is 13.2 Å². The molecule has 0 amide bonds. The predicted molar refractivity (Wildman–Crippen MR) is 97.0 cm³/mol. The van der Waals surface area contributed by atoms with Crippen molar-refractivity contribution in [1.29, 1.82) is 0 Å². The average Bonchev–Trinajstić information content (AvgIpc) is 2.64. The number of nitrogens with zero attached hydrogens (tertiary/aromatic N) is 1. The van der Waals surface area contributed by atoms with E-state index in [0.717, 1.165) is 11.3 Å². The average molecular weight is 375 g/mol. The van der Waals surface area contributed by atoms with E-state index in [1.54, 1.807) is 0 Å². The molecular weight excluding hydrogens is 354 g/mol. The standard InChI is InChI=1S/C19H21NO5S/c1-14-6-8-15(9-7-14)25-16-10-12-20(13-11-16)26(23,24)18-5-3-2-4-17(18)19(21)22/h2-9,16H,10-13H2,1H3,(H,21,22). The lowest BCUT2D eigenvalue weighted by atomic mass is 10.1. The fourth-order valence-corrected chi connectivity index (χ4v) is 4.66. The van der Waals surface area contributed by atoms with E-state index < -0.39 is 16.0 Å². The minimum atomic E-state index is -3.84. The van der Waals surface area contributed by atoms with Gasteiger partial charge in [0, 0.05) is 13.1 Å². The van der Waals surface area contributed by atoms with Crippen LogP contribution in [0.3, 0.4) is 0 Å². The topological polar surface area (TPSA) is 83.9 Å². The number of carbonyl (C=O) groups is 1. The smallest absolute Gasteiger partial charge is 0.337 e. The van der Waals surface area contributed by atoms with Gasteiger partial charge < -0.3 is 9.84 Å². The molecule has 0 aliphatic carbocycles. The van der Waals surface area contributed by atoms with Gasteiger partial charge in [-0.2, -0.15) is 4.31 Å². The summed E-state index contributed by atoms with van der Waals surface area (Å²) in [4.78, 5) is 11.2. The van der Waals surface area contributed by atoms with Crippen LogP contribution < -0.4 is 4.74 Å². The molecule has 0 bridgehead atoms. The van der Waals surface area contributed by atoms with Crippen LogP contribution in [-0.4, -0.2) is 43.0 Å². The summed E-state index contributed by atoms with van der Waals surface area (Å²) >= 11 is 0. The molecule has 1 aliphatic heterocycles. The van der Waals surface area contributed by atoms with Crippen molar-refractivity contribution in [2.75, 3.05) is 13.1 Å². The number of ether oxygens (including phenoxy) is 1. The summed E-state index contributed by atoms with van der Waals surface area (Å²) in [6.07, 6.45) is 1.06. The van der Waals surface area contributed by atoms with E-state index in [2.05, 4.69) is 0 Å². The molecule has 0 aromatic heterocycles. The van der Waals surface area contributed by atoms with E-state index in [9.17, 15) is 18.3 Å². The molecule has 0 saturated carbocycles. The lowest BCUT2D eigenvalue weighted by Crippen LogP contribution is -2.42. The predicted octanol–water partition coefficient (Wildman–Crippen LogP) is 2.93. The molecule has 6 nitrogen and oxygen atoms in total. The molecule has 2 aromatic rings. The second-order valence-corrected chi connectivity index (χ2v) is 8.24. The molecule has 1 fully saturated rings. The number of hydrogen-bond acceptors (Lipinski definition) is 4. The molecular formula is C19H21NO5S. The highest BCUT2D eigenvalue weighted by molar-refractivity contribution is 7.89. The highest BCUT2D eigenvalue weighted by Crippen LogP contribution is 2.25. The van der Waals surface area contributed by atoms with Crippen LogP contribution in [0.1, 0.15) is 28.8 Å². The fraction of sp³-hybridized carbons (Fsp3) is 0.316. The third-order valence-electron chi connectivity index (χ3n) is 4.46. The third kappa shape index (κ3) is 3.89. The Morgan fingerprint density at radius 1 is 1.08 bits per heavy atom. The minimum Gasteiger partial charge on any atom is -0.490 e. The molecule has 0 spiro atoms. The Balaban J connectivity index is 1.69. The van der Waals surface area contributed by atoms with Gasteiger partial charge in [0.1, 0.15) is 11.9 Å². The zero-order chi connectivity index (χ0) is 18.7. The van der Waals surface area contributed by atoms with Gasteiger partial charge in [-0.15, -0.1) is 0 Å². The van der Waals surface area contributed by atoms with Crippen LogP contribution >= 0.6 is 0 Å². The third-order valence-corrected chi connectivity index (χ3v) is 6.42. The maximum absolute atomic E-state index is 12.8. The van der Waals surface area contributed by atoms with E-state index in [1.807, 2.05) is 31.2 Å². The van der Waals surface area contributed by atoms with E-state index in [1.165, 1.54) is 28.6 Å². The maximum atomic E-state index is 12.8. The number of carboxylic acid groups (broad SMARTS) is 1. The SMILES string of the molecule is Cc1ccc(OC2CCN(S(=O)(=O)c3ccccc3C(=O)O)CC2)cc1. The molecule has 1 heterocycles. The summed E-state index contributed by atoms with van der Waals surface area (Å²) in [5.74, 6) is -0.477. The summed E-state index contributed by atoms with van der Waals surface area (Å²) in [7, 11) is -3.84. The second kappa shape index (κ2) is 7.47. The van der Waals surface area contributed by atoms with Crippen LogP contribution in [0.5, 0.6) is 5.75 Å². The number of aromatic carboxylic acids is 1. The Hall–Kier alpha value is -2.38. The van der Waals surface area contributed by atoms with Gasteiger partial charge in [0.25, 0.3) is 0 Å². The first-order valence-electron chi connectivity index (χ1n) is 8.44. The van der Waals surface area contributed by atoms with Crippen LogP contribution in [0.4, 0.5) is 0 Å². The molecule has 0 atom stereocenters. The van der Waals surface area contributed by atoms with Gasteiger partial charge in [0.2, 0.25) is 10.0 Å². The Morgan fingerprint density at radius 2 is 1.69 bits per heavy atom. The van der Waals surface area contributed by atoms with Crippen LogP contribution in [0.2, 0.25) is 0 Å². The van der Waals surface area contributed by atoms with Crippen molar-refractivity contribution in [1.82, 2.24) is 4.31 Å². The normalized spacial score (nSPS) is 16.3. The molecule has 26 heavy (non-hydrogen) atoms. The number of benzene rings is 2. The minimum absolute atomic E-state index is 0.0566. The van der Waals surface area contributed by atoms with E-state index in [4.69, 9.17) is 4.74 Å². The molecule has 1 aliphatic rings. The molecule has 1 saturated heterocycles. The number of rotatable bonds is 5. The lowest BCUT2D eigenvalue weighted by molar-refractivity contribution is 0.0692. The summed E-state index contributed by atoms with van der Waals surface area (Å²) in [5.41, 5.74) is 0.945. The van der Waals surface area contributed by atoms with Crippen molar-refractivity contribution in [3.63, 3.8) is 0 Å². The van der Waals surface area contributed by atoms with Gasteiger partial charge >= 0.3 is 5.97 Å². The van der Waals surface area contributed by atoms with Gasteiger partial charge in [-0.3, -0.25) is 0 Å². The summed E-state index contributed by atoms with van der Waals surface area (Å²) in [6, 6.07) is 13.4. The molecule has 0 radical (unpaired) electrons.